The molecular formula is C13H17ClN2O4S. The molecule has 0 aliphatic carbocycles. The summed E-state index contributed by atoms with van der Waals surface area (Å²) < 4.78 is 31.7. The maximum Gasteiger partial charge on any atom is 0.241 e. The van der Waals surface area contributed by atoms with Gasteiger partial charge in [0.1, 0.15) is 0 Å². The molecule has 0 spiro atoms. The monoisotopic (exact) mass is 332 g/mol. The van der Waals surface area contributed by atoms with Gasteiger partial charge in [0, 0.05) is 18.1 Å². The first kappa shape index (κ1) is 16.2. The number of hydrogen-bond acceptors (Lipinski definition) is 4. The van der Waals surface area contributed by atoms with E-state index in [1.807, 2.05) is 0 Å². The van der Waals surface area contributed by atoms with E-state index in [0.29, 0.717) is 31.3 Å². The van der Waals surface area contributed by atoms with Crippen LogP contribution in [0.4, 0.5) is 0 Å². The topological polar surface area (TPSA) is 75.7 Å². The van der Waals surface area contributed by atoms with Gasteiger partial charge in [-0.2, -0.15) is 0 Å². The van der Waals surface area contributed by atoms with Gasteiger partial charge in [-0.05, 0) is 24.6 Å². The lowest BCUT2D eigenvalue weighted by Gasteiger charge is -2.26. The number of nitrogens with zero attached hydrogens (tertiary/aromatic N) is 1. The highest BCUT2D eigenvalue weighted by atomic mass is 35.5. The van der Waals surface area contributed by atoms with Crippen LogP contribution in [0.25, 0.3) is 0 Å². The summed E-state index contributed by atoms with van der Waals surface area (Å²) in [5.41, 5.74) is 0.792. The van der Waals surface area contributed by atoms with Crippen molar-refractivity contribution >= 4 is 27.5 Å². The summed E-state index contributed by atoms with van der Waals surface area (Å²) in [5, 5.41) is 0.373. The first-order chi connectivity index (χ1) is 9.90. The predicted molar refractivity (Wildman–Crippen MR) is 78.8 cm³/mol. The number of aryl methyl sites for hydroxylation is 1. The Hall–Kier alpha value is -1.15. The summed E-state index contributed by atoms with van der Waals surface area (Å²) in [7, 11) is -3.75. The first-order valence-corrected chi connectivity index (χ1v) is 8.37. The molecule has 1 aliphatic heterocycles. The molecule has 1 aromatic carbocycles. The van der Waals surface area contributed by atoms with Crippen molar-refractivity contribution in [3.8, 4) is 0 Å². The summed E-state index contributed by atoms with van der Waals surface area (Å²) in [5.74, 6) is -0.264. The number of carbonyl (C=O) groups is 1. The number of nitrogens with one attached hydrogen (secondary N) is 1. The third-order valence-corrected chi connectivity index (χ3v) is 5.04. The SMILES string of the molecule is Cc1ccc(S(=O)(=O)NCC(=O)N2CCOCC2)cc1Cl. The van der Waals surface area contributed by atoms with Crippen LogP contribution >= 0.6 is 11.6 Å². The minimum atomic E-state index is -3.75. The first-order valence-electron chi connectivity index (χ1n) is 6.51. The van der Waals surface area contributed by atoms with Gasteiger partial charge < -0.3 is 9.64 Å². The zero-order valence-electron chi connectivity index (χ0n) is 11.6. The number of sulfonamides is 1. The Balaban J connectivity index is 2.00. The molecule has 1 fully saturated rings. The van der Waals surface area contributed by atoms with Gasteiger partial charge in [0.25, 0.3) is 0 Å². The molecule has 116 valence electrons. The molecule has 0 aromatic heterocycles. The normalized spacial score (nSPS) is 16.0. The van der Waals surface area contributed by atoms with Crippen LogP contribution in [-0.4, -0.2) is 52.1 Å². The van der Waals surface area contributed by atoms with E-state index in [-0.39, 0.29) is 17.3 Å². The third kappa shape index (κ3) is 4.16. The third-order valence-electron chi connectivity index (χ3n) is 3.23. The highest BCUT2D eigenvalue weighted by Gasteiger charge is 2.20. The summed E-state index contributed by atoms with van der Waals surface area (Å²) in [6, 6.07) is 4.46. The van der Waals surface area contributed by atoms with Crippen LogP contribution in [0.3, 0.4) is 0 Å². The average Bonchev–Trinajstić information content (AvgIpc) is 2.48. The molecule has 2 rings (SSSR count). The molecule has 0 bridgehead atoms. The van der Waals surface area contributed by atoms with Crippen molar-refractivity contribution in [2.45, 2.75) is 11.8 Å². The maximum atomic E-state index is 12.1. The Morgan fingerprint density at radius 3 is 2.67 bits per heavy atom. The lowest BCUT2D eigenvalue weighted by molar-refractivity contribution is -0.133. The number of amides is 1. The molecule has 1 heterocycles. The number of ether oxygens (including phenoxy) is 1. The van der Waals surface area contributed by atoms with E-state index in [9.17, 15) is 13.2 Å². The van der Waals surface area contributed by atoms with Gasteiger partial charge in [0.15, 0.2) is 0 Å². The second-order valence-corrected chi connectivity index (χ2v) is 6.90. The van der Waals surface area contributed by atoms with Gasteiger partial charge in [-0.3, -0.25) is 4.79 Å². The molecule has 8 heteroatoms. The molecule has 0 radical (unpaired) electrons. The van der Waals surface area contributed by atoms with Crippen molar-refractivity contribution in [3.05, 3.63) is 28.8 Å². The molecule has 1 aromatic rings. The Labute approximate surface area is 129 Å². The van der Waals surface area contributed by atoms with Crippen LogP contribution in [0.15, 0.2) is 23.1 Å². The van der Waals surface area contributed by atoms with Crippen LogP contribution in [0.2, 0.25) is 5.02 Å². The van der Waals surface area contributed by atoms with Gasteiger partial charge in [0.05, 0.1) is 24.7 Å². The minimum absolute atomic E-state index is 0.0490. The number of hydrogen-bond donors (Lipinski definition) is 1. The molecule has 0 saturated carbocycles. The van der Waals surface area contributed by atoms with Crippen molar-refractivity contribution in [2.75, 3.05) is 32.8 Å². The van der Waals surface area contributed by atoms with Crippen LogP contribution in [0, 0.1) is 6.92 Å². The van der Waals surface area contributed by atoms with E-state index in [2.05, 4.69) is 4.72 Å². The fourth-order valence-electron chi connectivity index (χ4n) is 1.91. The molecule has 0 atom stereocenters. The Bertz CT molecular complexity index is 627. The molecule has 1 amide bonds. The van der Waals surface area contributed by atoms with E-state index in [1.54, 1.807) is 17.9 Å². The smallest absolute Gasteiger partial charge is 0.241 e. The zero-order chi connectivity index (χ0) is 15.5. The van der Waals surface area contributed by atoms with Gasteiger partial charge >= 0.3 is 0 Å². The standard InChI is InChI=1S/C13H17ClN2O4S/c1-10-2-3-11(8-12(10)14)21(18,19)15-9-13(17)16-4-6-20-7-5-16/h2-3,8,15H,4-7,9H2,1H3. The largest absolute Gasteiger partial charge is 0.378 e. The van der Waals surface area contributed by atoms with E-state index < -0.39 is 10.0 Å². The van der Waals surface area contributed by atoms with Crippen LogP contribution in [0.5, 0.6) is 0 Å². The quantitative estimate of drug-likeness (QED) is 0.884. The van der Waals surface area contributed by atoms with Crippen molar-refractivity contribution in [1.82, 2.24) is 9.62 Å². The zero-order valence-corrected chi connectivity index (χ0v) is 13.2. The van der Waals surface area contributed by atoms with E-state index in [4.69, 9.17) is 16.3 Å². The van der Waals surface area contributed by atoms with E-state index in [1.165, 1.54) is 12.1 Å². The number of rotatable bonds is 4. The molecule has 1 saturated heterocycles. The average molecular weight is 333 g/mol. The molecular weight excluding hydrogens is 316 g/mol. The molecule has 1 aliphatic rings. The number of halogens is 1. The second kappa shape index (κ2) is 6.74. The number of benzene rings is 1. The molecule has 21 heavy (non-hydrogen) atoms. The highest BCUT2D eigenvalue weighted by molar-refractivity contribution is 7.89. The van der Waals surface area contributed by atoms with Crippen LogP contribution in [0.1, 0.15) is 5.56 Å². The maximum absolute atomic E-state index is 12.1. The number of carbonyl (C=O) groups excluding carboxylic acids is 1. The summed E-state index contributed by atoms with van der Waals surface area (Å²) in [6.45, 7) is 3.44. The van der Waals surface area contributed by atoms with Gasteiger partial charge in [-0.15, -0.1) is 0 Å². The highest BCUT2D eigenvalue weighted by Crippen LogP contribution is 2.19. The summed E-state index contributed by atoms with van der Waals surface area (Å²) in [4.78, 5) is 13.5. The fraction of sp³-hybridized carbons (Fsp3) is 0.462. The lowest BCUT2D eigenvalue weighted by atomic mass is 10.2. The molecule has 1 N–H and O–H groups in total. The van der Waals surface area contributed by atoms with Crippen molar-refractivity contribution < 1.29 is 17.9 Å². The predicted octanol–water partition coefficient (Wildman–Crippen LogP) is 0.786. The Morgan fingerprint density at radius 2 is 2.05 bits per heavy atom. The van der Waals surface area contributed by atoms with E-state index in [0.717, 1.165) is 5.56 Å². The molecule has 0 unspecified atom stereocenters. The van der Waals surface area contributed by atoms with Crippen molar-refractivity contribution in [1.29, 1.82) is 0 Å². The van der Waals surface area contributed by atoms with Crippen LogP contribution in [-0.2, 0) is 19.6 Å². The summed E-state index contributed by atoms with van der Waals surface area (Å²) >= 11 is 5.92. The second-order valence-electron chi connectivity index (χ2n) is 4.73. The Morgan fingerprint density at radius 1 is 1.38 bits per heavy atom. The Kier molecular flexibility index (Phi) is 5.21. The van der Waals surface area contributed by atoms with E-state index >= 15 is 0 Å². The summed E-state index contributed by atoms with van der Waals surface area (Å²) in [6.07, 6.45) is 0. The van der Waals surface area contributed by atoms with Gasteiger partial charge in [-0.25, -0.2) is 13.1 Å². The lowest BCUT2D eigenvalue weighted by Crippen LogP contribution is -2.45. The minimum Gasteiger partial charge on any atom is -0.378 e. The van der Waals surface area contributed by atoms with Crippen molar-refractivity contribution in [2.24, 2.45) is 0 Å². The molecule has 6 nitrogen and oxygen atoms in total. The van der Waals surface area contributed by atoms with Gasteiger partial charge in [-0.1, -0.05) is 17.7 Å². The van der Waals surface area contributed by atoms with Crippen LogP contribution < -0.4 is 4.72 Å². The fourth-order valence-corrected chi connectivity index (χ4v) is 3.15. The van der Waals surface area contributed by atoms with Crippen molar-refractivity contribution in [3.63, 3.8) is 0 Å². The number of morpholine rings is 1. The van der Waals surface area contributed by atoms with Gasteiger partial charge in [0.2, 0.25) is 15.9 Å².